The number of amides is 2. The van der Waals surface area contributed by atoms with Gasteiger partial charge in [0, 0.05) is 11.6 Å². The molecule has 7 nitrogen and oxygen atoms in total. The fourth-order valence-electron chi connectivity index (χ4n) is 3.43. The van der Waals surface area contributed by atoms with Gasteiger partial charge in [-0.15, -0.1) is 0 Å². The highest BCUT2D eigenvalue weighted by atomic mass is 32.2. The third-order valence-corrected chi connectivity index (χ3v) is 5.98. The molecule has 1 aliphatic heterocycles. The van der Waals surface area contributed by atoms with Gasteiger partial charge in [-0.1, -0.05) is 30.3 Å². The van der Waals surface area contributed by atoms with E-state index >= 15 is 0 Å². The number of nitrogens with zero attached hydrogens (tertiary/aromatic N) is 4. The zero-order valence-electron chi connectivity index (χ0n) is 16.9. The Morgan fingerprint density at radius 1 is 1.09 bits per heavy atom. The van der Waals surface area contributed by atoms with Crippen LogP contribution in [0.2, 0.25) is 0 Å². The second-order valence-corrected chi connectivity index (χ2v) is 8.33. The first-order valence-electron chi connectivity index (χ1n) is 9.60. The molecule has 2 amide bonds. The van der Waals surface area contributed by atoms with Crippen LogP contribution < -0.4 is 0 Å². The first-order valence-corrected chi connectivity index (χ1v) is 10.4. The summed E-state index contributed by atoms with van der Waals surface area (Å²) in [6.45, 7) is 0.956. The molecule has 1 saturated heterocycles. The predicted molar refractivity (Wildman–Crippen MR) is 114 cm³/mol. The fourth-order valence-corrected chi connectivity index (χ4v) is 4.26. The van der Waals surface area contributed by atoms with Crippen LogP contribution in [0.1, 0.15) is 16.7 Å². The van der Waals surface area contributed by atoms with E-state index in [9.17, 15) is 23.5 Å². The minimum atomic E-state index is -2.10. The number of halogens is 2. The van der Waals surface area contributed by atoms with Crippen LogP contribution in [-0.2, 0) is 16.9 Å². The van der Waals surface area contributed by atoms with E-state index < -0.39 is 34.9 Å². The van der Waals surface area contributed by atoms with Crippen LogP contribution in [0.5, 0.6) is 0 Å². The number of aliphatic hydroxyl groups is 1. The Hall–Kier alpha value is -3.37. The predicted octanol–water partition coefficient (Wildman–Crippen LogP) is 3.49. The number of hydrogen-bond acceptors (Lipinski definition) is 6. The van der Waals surface area contributed by atoms with E-state index in [4.69, 9.17) is 0 Å². The number of imide groups is 1. The summed E-state index contributed by atoms with van der Waals surface area (Å²) in [5.41, 5.74) is -0.675. The summed E-state index contributed by atoms with van der Waals surface area (Å²) in [4.78, 5) is 27.8. The van der Waals surface area contributed by atoms with Crippen molar-refractivity contribution in [2.75, 3.05) is 6.54 Å². The van der Waals surface area contributed by atoms with Crippen LogP contribution in [0.25, 0.3) is 6.08 Å². The van der Waals surface area contributed by atoms with Gasteiger partial charge in [0.15, 0.2) is 0 Å². The summed E-state index contributed by atoms with van der Waals surface area (Å²) >= 11 is 0.731. The van der Waals surface area contributed by atoms with Crippen molar-refractivity contribution in [3.63, 3.8) is 0 Å². The normalized spacial score (nSPS) is 17.2. The van der Waals surface area contributed by atoms with Gasteiger partial charge in [-0.2, -0.15) is 15.0 Å². The van der Waals surface area contributed by atoms with E-state index in [2.05, 4.69) is 10.2 Å². The number of β-amino-alcohol motifs (C(OH)–C–C–N with tert-alkyl or cyclic N) is 1. The lowest BCUT2D eigenvalue weighted by Gasteiger charge is -2.31. The molecule has 3 aromatic rings. The molecule has 1 aromatic heterocycles. The number of benzene rings is 2. The summed E-state index contributed by atoms with van der Waals surface area (Å²) in [7, 11) is 0. The number of aryl methyl sites for hydroxylation is 1. The number of rotatable bonds is 6. The Morgan fingerprint density at radius 3 is 2.50 bits per heavy atom. The van der Waals surface area contributed by atoms with Crippen molar-refractivity contribution in [2.24, 2.45) is 0 Å². The lowest BCUT2D eigenvalue weighted by molar-refractivity contribution is -0.126. The quantitative estimate of drug-likeness (QED) is 0.572. The molecule has 1 fully saturated rings. The number of carbonyl (C=O) groups excluding carboxylic acids is 2. The van der Waals surface area contributed by atoms with E-state index in [0.29, 0.717) is 6.07 Å². The SMILES string of the molecule is Cc1ccccc1/C=C1\SC(=O)N(CC(O)(Cn2nccn2)c2ccc(F)cc2F)C1=O. The molecule has 0 radical (unpaired) electrons. The minimum Gasteiger partial charge on any atom is -0.381 e. The Kier molecular flexibility index (Phi) is 5.90. The maximum atomic E-state index is 14.6. The van der Waals surface area contributed by atoms with Crippen LogP contribution in [-0.4, -0.2) is 42.7 Å². The zero-order valence-corrected chi connectivity index (χ0v) is 17.7. The smallest absolute Gasteiger partial charge is 0.293 e. The van der Waals surface area contributed by atoms with Crippen molar-refractivity contribution in [2.45, 2.75) is 19.1 Å². The van der Waals surface area contributed by atoms with Crippen LogP contribution >= 0.6 is 11.8 Å². The van der Waals surface area contributed by atoms with Crippen molar-refractivity contribution in [1.29, 1.82) is 0 Å². The molecule has 32 heavy (non-hydrogen) atoms. The Labute approximate surface area is 186 Å². The fraction of sp³-hybridized carbons (Fsp3) is 0.182. The zero-order chi connectivity index (χ0) is 22.9. The van der Waals surface area contributed by atoms with Gasteiger partial charge < -0.3 is 5.11 Å². The highest BCUT2D eigenvalue weighted by Gasteiger charge is 2.43. The lowest BCUT2D eigenvalue weighted by Crippen LogP contribution is -2.46. The summed E-state index contributed by atoms with van der Waals surface area (Å²) < 4.78 is 28.0. The number of hydrogen-bond donors (Lipinski definition) is 1. The van der Waals surface area contributed by atoms with Crippen LogP contribution in [0, 0.1) is 18.6 Å². The standard InChI is InChI=1S/C22H18F2N4O3S/c1-14-4-2-3-5-15(14)10-19-20(29)27(21(30)32-19)12-22(31,13-28-25-8-9-26-28)17-7-6-16(23)11-18(17)24/h2-11,31H,12-13H2,1H3/b19-10-. The molecule has 164 valence electrons. The molecule has 0 aliphatic carbocycles. The Balaban J connectivity index is 1.68. The second-order valence-electron chi connectivity index (χ2n) is 7.34. The molecule has 2 aromatic carbocycles. The average Bonchev–Trinajstić information content (AvgIpc) is 3.33. The summed E-state index contributed by atoms with van der Waals surface area (Å²) in [6.07, 6.45) is 4.34. The maximum absolute atomic E-state index is 14.6. The molecule has 2 heterocycles. The average molecular weight is 456 g/mol. The van der Waals surface area contributed by atoms with Gasteiger partial charge >= 0.3 is 0 Å². The molecule has 0 bridgehead atoms. The van der Waals surface area contributed by atoms with Gasteiger partial charge in [-0.3, -0.25) is 14.5 Å². The number of carbonyl (C=O) groups is 2. The first-order chi connectivity index (χ1) is 15.3. The van der Waals surface area contributed by atoms with E-state index in [1.807, 2.05) is 31.2 Å². The summed E-state index contributed by atoms with van der Waals surface area (Å²) in [5, 5.41) is 18.6. The van der Waals surface area contributed by atoms with Crippen molar-refractivity contribution < 1.29 is 23.5 Å². The van der Waals surface area contributed by atoms with E-state index in [1.165, 1.54) is 12.4 Å². The molecular weight excluding hydrogens is 438 g/mol. The van der Waals surface area contributed by atoms with E-state index in [0.717, 1.165) is 44.7 Å². The first kappa shape index (κ1) is 21.8. The highest BCUT2D eigenvalue weighted by molar-refractivity contribution is 8.18. The van der Waals surface area contributed by atoms with Gasteiger partial charge in [0.25, 0.3) is 11.1 Å². The molecule has 0 saturated carbocycles. The number of aromatic nitrogens is 3. The van der Waals surface area contributed by atoms with Gasteiger partial charge in [0.2, 0.25) is 0 Å². The molecule has 1 atom stereocenters. The van der Waals surface area contributed by atoms with Gasteiger partial charge in [0.1, 0.15) is 17.2 Å². The van der Waals surface area contributed by atoms with Crippen LogP contribution in [0.3, 0.4) is 0 Å². The topological polar surface area (TPSA) is 88.3 Å². The monoisotopic (exact) mass is 456 g/mol. The van der Waals surface area contributed by atoms with Crippen LogP contribution in [0.15, 0.2) is 59.8 Å². The number of thioether (sulfide) groups is 1. The molecule has 10 heteroatoms. The van der Waals surface area contributed by atoms with E-state index in [-0.39, 0.29) is 17.0 Å². The maximum Gasteiger partial charge on any atom is 0.293 e. The van der Waals surface area contributed by atoms with Crippen molar-refractivity contribution in [3.05, 3.63) is 88.1 Å². The van der Waals surface area contributed by atoms with Crippen molar-refractivity contribution >= 4 is 29.0 Å². The molecule has 1 N–H and O–H groups in total. The molecule has 1 aliphatic rings. The molecule has 1 unspecified atom stereocenters. The van der Waals surface area contributed by atoms with Gasteiger partial charge in [0.05, 0.1) is 30.4 Å². The second kappa shape index (κ2) is 8.64. The highest BCUT2D eigenvalue weighted by Crippen LogP contribution is 2.36. The third-order valence-electron chi connectivity index (χ3n) is 5.07. The largest absolute Gasteiger partial charge is 0.381 e. The lowest BCUT2D eigenvalue weighted by atomic mass is 9.92. The molecule has 4 rings (SSSR count). The Bertz CT molecular complexity index is 1220. The molecule has 0 spiro atoms. The van der Waals surface area contributed by atoms with Gasteiger partial charge in [-0.25, -0.2) is 8.78 Å². The minimum absolute atomic E-state index is 0.184. The van der Waals surface area contributed by atoms with Crippen molar-refractivity contribution in [1.82, 2.24) is 19.9 Å². The van der Waals surface area contributed by atoms with Gasteiger partial charge in [-0.05, 0) is 42.0 Å². The van der Waals surface area contributed by atoms with Crippen LogP contribution in [0.4, 0.5) is 13.6 Å². The van der Waals surface area contributed by atoms with E-state index in [1.54, 1.807) is 6.08 Å². The summed E-state index contributed by atoms with van der Waals surface area (Å²) in [6, 6.07) is 10.1. The van der Waals surface area contributed by atoms with Crippen molar-refractivity contribution in [3.8, 4) is 0 Å². The summed E-state index contributed by atoms with van der Waals surface area (Å²) in [5.74, 6) is -2.45. The molecular formula is C22H18F2N4O3S. The Morgan fingerprint density at radius 2 is 1.81 bits per heavy atom. The third kappa shape index (κ3) is 4.32.